The number of methoxy groups -OCH3 is 1. The lowest BCUT2D eigenvalue weighted by molar-refractivity contribution is -0.138. The minimum Gasteiger partial charge on any atom is -0.495 e. The van der Waals surface area contributed by atoms with Gasteiger partial charge in [-0.05, 0) is 36.4 Å². The Hall–Kier alpha value is -3.88. The van der Waals surface area contributed by atoms with Crippen LogP contribution in [0.4, 0.5) is 16.2 Å². The molecule has 0 spiro atoms. The number of nitrogen functional groups attached to an aromatic ring is 1. The molecule has 2 aromatic rings. The summed E-state index contributed by atoms with van der Waals surface area (Å²) in [7, 11) is -2.75. The minimum absolute atomic E-state index is 0.0339. The Morgan fingerprint density at radius 1 is 1.12 bits per heavy atom. The Morgan fingerprint density at radius 3 is 2.25 bits per heavy atom. The molecule has 13 nitrogen and oxygen atoms in total. The number of urea groups is 1. The fourth-order valence-corrected chi connectivity index (χ4v) is 2.61. The predicted octanol–water partition coefficient (Wildman–Crippen LogP) is 0.442. The molecule has 174 valence electrons. The zero-order valence-corrected chi connectivity index (χ0v) is 17.5. The lowest BCUT2D eigenvalue weighted by Gasteiger charge is -2.13. The van der Waals surface area contributed by atoms with Gasteiger partial charge in [0.25, 0.3) is 10.1 Å². The first-order valence-electron chi connectivity index (χ1n) is 8.62. The number of hydrogen-bond acceptors (Lipinski definition) is 8. The summed E-state index contributed by atoms with van der Waals surface area (Å²) in [6.45, 7) is -0.276. The standard InChI is InChI=1S/C12H15N3O6.C6H7NO3S/c1-21-9-3-2-6(10(16)17)4-8(9)15-12(20)14-5-7(13)11(18)19;7-5-2-1-3-6(4-5)11(8,9)10/h2-4,7H,5,13H2,1H3,(H,16,17)(H,18,19)(H2,14,15,20);1-4H,7H2,(H,8,9,10)/t7-;/m0./s1. The van der Waals surface area contributed by atoms with Crippen molar-refractivity contribution in [3.8, 4) is 5.75 Å². The fraction of sp³-hybridized carbons (Fsp3) is 0.167. The van der Waals surface area contributed by atoms with Crippen LogP contribution in [-0.2, 0) is 14.9 Å². The van der Waals surface area contributed by atoms with Gasteiger partial charge in [-0.1, -0.05) is 6.07 Å². The third kappa shape index (κ3) is 8.47. The summed E-state index contributed by atoms with van der Waals surface area (Å²) in [5.74, 6) is -2.15. The van der Waals surface area contributed by atoms with Gasteiger partial charge in [-0.2, -0.15) is 8.42 Å². The zero-order chi connectivity index (χ0) is 24.5. The van der Waals surface area contributed by atoms with Crippen molar-refractivity contribution in [2.24, 2.45) is 5.73 Å². The molecular weight excluding hydrogens is 448 g/mol. The third-order valence-corrected chi connectivity index (χ3v) is 4.50. The maximum Gasteiger partial charge on any atom is 0.335 e. The van der Waals surface area contributed by atoms with Crippen LogP contribution in [0.3, 0.4) is 0 Å². The minimum atomic E-state index is -4.11. The van der Waals surface area contributed by atoms with Crippen LogP contribution >= 0.6 is 0 Å². The van der Waals surface area contributed by atoms with Gasteiger partial charge < -0.3 is 37.1 Å². The van der Waals surface area contributed by atoms with Gasteiger partial charge in [-0.15, -0.1) is 0 Å². The highest BCUT2D eigenvalue weighted by molar-refractivity contribution is 7.85. The lowest BCUT2D eigenvalue weighted by atomic mass is 10.2. The zero-order valence-electron chi connectivity index (χ0n) is 16.7. The second-order valence-corrected chi connectivity index (χ2v) is 7.47. The monoisotopic (exact) mass is 470 g/mol. The number of carbonyl (C=O) groups is 3. The van der Waals surface area contributed by atoms with Gasteiger partial charge >= 0.3 is 18.0 Å². The fourth-order valence-electron chi connectivity index (χ4n) is 2.07. The molecule has 1 atom stereocenters. The molecule has 9 N–H and O–H groups in total. The number of benzene rings is 2. The van der Waals surface area contributed by atoms with E-state index in [4.69, 9.17) is 31.0 Å². The quantitative estimate of drug-likeness (QED) is 0.217. The Kier molecular flexibility index (Phi) is 9.40. The highest BCUT2D eigenvalue weighted by atomic mass is 32.2. The van der Waals surface area contributed by atoms with E-state index >= 15 is 0 Å². The second kappa shape index (κ2) is 11.5. The van der Waals surface area contributed by atoms with E-state index in [-0.39, 0.29) is 28.4 Å². The third-order valence-electron chi connectivity index (χ3n) is 3.65. The molecule has 2 rings (SSSR count). The van der Waals surface area contributed by atoms with Crippen LogP contribution in [0.1, 0.15) is 10.4 Å². The number of ether oxygens (including phenoxy) is 1. The first-order valence-corrected chi connectivity index (χ1v) is 10.1. The second-order valence-electron chi connectivity index (χ2n) is 6.05. The molecule has 0 heterocycles. The number of carboxylic acids is 2. The summed E-state index contributed by atoms with van der Waals surface area (Å²) in [4.78, 5) is 32.8. The summed E-state index contributed by atoms with van der Waals surface area (Å²) in [6, 6.07) is 7.43. The molecule has 0 fully saturated rings. The average Bonchev–Trinajstić information content (AvgIpc) is 2.71. The Balaban J connectivity index is 0.000000389. The highest BCUT2D eigenvalue weighted by Crippen LogP contribution is 2.25. The van der Waals surface area contributed by atoms with Crippen LogP contribution in [0.15, 0.2) is 47.4 Å². The van der Waals surface area contributed by atoms with Gasteiger partial charge in [-0.3, -0.25) is 9.35 Å². The van der Waals surface area contributed by atoms with Crippen LogP contribution in [0, 0.1) is 0 Å². The normalized spacial score (nSPS) is 11.3. The van der Waals surface area contributed by atoms with Gasteiger partial charge in [0.15, 0.2) is 0 Å². The molecule has 0 aromatic heterocycles. The van der Waals surface area contributed by atoms with E-state index in [1.807, 2.05) is 0 Å². The SMILES string of the molecule is COc1ccc(C(=O)O)cc1NC(=O)NC[C@H](N)C(=O)O.Nc1cccc(S(=O)(=O)O)c1. The van der Waals surface area contributed by atoms with Crippen molar-refractivity contribution in [1.82, 2.24) is 5.32 Å². The van der Waals surface area contributed by atoms with Crippen molar-refractivity contribution < 1.29 is 42.3 Å². The predicted molar refractivity (Wildman–Crippen MR) is 113 cm³/mol. The van der Waals surface area contributed by atoms with Crippen LogP contribution < -0.4 is 26.8 Å². The molecule has 0 saturated heterocycles. The lowest BCUT2D eigenvalue weighted by Crippen LogP contribution is -2.43. The molecule has 2 aromatic carbocycles. The molecule has 0 aliphatic heterocycles. The Labute approximate surface area is 182 Å². The maximum absolute atomic E-state index is 11.6. The van der Waals surface area contributed by atoms with Gasteiger partial charge in [-0.25, -0.2) is 9.59 Å². The van der Waals surface area contributed by atoms with Crippen molar-refractivity contribution in [3.63, 3.8) is 0 Å². The molecule has 2 amide bonds. The van der Waals surface area contributed by atoms with E-state index in [2.05, 4.69) is 10.6 Å². The molecule has 0 saturated carbocycles. The molecule has 0 aliphatic rings. The van der Waals surface area contributed by atoms with E-state index in [0.29, 0.717) is 5.69 Å². The van der Waals surface area contributed by atoms with E-state index in [9.17, 15) is 22.8 Å². The van der Waals surface area contributed by atoms with Crippen molar-refractivity contribution in [3.05, 3.63) is 48.0 Å². The first kappa shape index (κ1) is 26.2. The summed E-state index contributed by atoms with van der Waals surface area (Å²) in [6.07, 6.45) is 0. The van der Waals surface area contributed by atoms with Gasteiger partial charge in [0.05, 0.1) is 23.3 Å². The molecule has 0 unspecified atom stereocenters. The van der Waals surface area contributed by atoms with Crippen molar-refractivity contribution in [1.29, 1.82) is 0 Å². The van der Waals surface area contributed by atoms with Gasteiger partial charge in [0, 0.05) is 12.2 Å². The number of hydrogen-bond donors (Lipinski definition) is 7. The number of rotatable bonds is 7. The first-order chi connectivity index (χ1) is 14.8. The van der Waals surface area contributed by atoms with Crippen LogP contribution in [-0.4, -0.2) is 60.8 Å². The van der Waals surface area contributed by atoms with Gasteiger partial charge in [0.1, 0.15) is 11.8 Å². The smallest absolute Gasteiger partial charge is 0.335 e. The summed E-state index contributed by atoms with van der Waals surface area (Å²) in [5.41, 5.74) is 10.9. The molecule has 0 radical (unpaired) electrons. The number of aliphatic carboxylic acids is 1. The number of aromatic carboxylic acids is 1. The van der Waals surface area contributed by atoms with Crippen LogP contribution in [0.2, 0.25) is 0 Å². The summed E-state index contributed by atoms with van der Waals surface area (Å²) >= 11 is 0. The molecule has 14 heteroatoms. The molecule has 0 bridgehead atoms. The largest absolute Gasteiger partial charge is 0.495 e. The number of amides is 2. The van der Waals surface area contributed by atoms with E-state index in [1.54, 1.807) is 0 Å². The summed E-state index contributed by atoms with van der Waals surface area (Å²) < 4.78 is 34.5. The van der Waals surface area contributed by atoms with Crippen molar-refractivity contribution in [2.45, 2.75) is 10.9 Å². The van der Waals surface area contributed by atoms with E-state index in [1.165, 1.54) is 49.6 Å². The van der Waals surface area contributed by atoms with Crippen LogP contribution in [0.5, 0.6) is 5.75 Å². The number of carboxylic acid groups (broad SMARTS) is 2. The molecule has 32 heavy (non-hydrogen) atoms. The number of nitrogens with one attached hydrogen (secondary N) is 2. The van der Waals surface area contributed by atoms with Crippen LogP contribution in [0.25, 0.3) is 0 Å². The number of nitrogens with two attached hydrogens (primary N) is 2. The van der Waals surface area contributed by atoms with E-state index < -0.39 is 34.1 Å². The van der Waals surface area contributed by atoms with Crippen molar-refractivity contribution in [2.75, 3.05) is 24.7 Å². The topological polar surface area (TPSA) is 231 Å². The number of anilines is 2. The molecular formula is C18H22N4O9S. The van der Waals surface area contributed by atoms with Crippen molar-refractivity contribution >= 4 is 39.5 Å². The maximum atomic E-state index is 11.6. The Bertz CT molecular complexity index is 1090. The van der Waals surface area contributed by atoms with Gasteiger partial charge in [0.2, 0.25) is 0 Å². The number of carbonyl (C=O) groups excluding carboxylic acids is 1. The molecule has 0 aliphatic carbocycles. The van der Waals surface area contributed by atoms with E-state index in [0.717, 1.165) is 0 Å². The average molecular weight is 470 g/mol. The summed E-state index contributed by atoms with van der Waals surface area (Å²) in [5, 5.41) is 22.1. The Morgan fingerprint density at radius 2 is 1.78 bits per heavy atom. The highest BCUT2D eigenvalue weighted by Gasteiger charge is 2.15.